The van der Waals surface area contributed by atoms with E-state index in [9.17, 15) is 0 Å². The van der Waals surface area contributed by atoms with Gasteiger partial charge in [0.1, 0.15) is 18.2 Å². The van der Waals surface area contributed by atoms with Crippen LogP contribution in [-0.4, -0.2) is 29.2 Å². The normalized spacial score (nSPS) is 17.1. The lowest BCUT2D eigenvalue weighted by Gasteiger charge is -2.26. The Morgan fingerprint density at radius 2 is 1.95 bits per heavy atom. The average molecular weight is 278 g/mol. The molecule has 5 nitrogen and oxygen atoms in total. The standard InChI is InChI=1S/C15H26N4O/c1-4-9-16-12-10-13(18-14(17-12)11-20-3)19-15(2)7-5-6-8-15/h10H,4-9,11H2,1-3H3,(H2,16,17,18,19). The molecular weight excluding hydrogens is 252 g/mol. The third kappa shape index (κ3) is 4.07. The first-order chi connectivity index (χ1) is 9.65. The molecule has 0 amide bonds. The molecule has 1 heterocycles. The Labute approximate surface area is 121 Å². The van der Waals surface area contributed by atoms with E-state index >= 15 is 0 Å². The Hall–Kier alpha value is -1.36. The van der Waals surface area contributed by atoms with E-state index in [0.29, 0.717) is 6.61 Å². The van der Waals surface area contributed by atoms with Crippen LogP contribution < -0.4 is 10.6 Å². The smallest absolute Gasteiger partial charge is 0.158 e. The molecule has 0 spiro atoms. The highest BCUT2D eigenvalue weighted by molar-refractivity contribution is 5.49. The van der Waals surface area contributed by atoms with Crippen molar-refractivity contribution in [3.8, 4) is 0 Å². The third-order valence-corrected chi connectivity index (χ3v) is 3.74. The molecule has 1 aromatic rings. The molecule has 0 bridgehead atoms. The molecule has 5 heteroatoms. The molecule has 1 aliphatic rings. The number of aromatic nitrogens is 2. The summed E-state index contributed by atoms with van der Waals surface area (Å²) in [5.41, 5.74) is 0.167. The molecule has 1 fully saturated rings. The van der Waals surface area contributed by atoms with Crippen LogP contribution in [-0.2, 0) is 11.3 Å². The topological polar surface area (TPSA) is 59.1 Å². The van der Waals surface area contributed by atoms with Gasteiger partial charge < -0.3 is 15.4 Å². The van der Waals surface area contributed by atoms with Gasteiger partial charge in [0.15, 0.2) is 5.82 Å². The predicted octanol–water partition coefficient (Wildman–Crippen LogP) is 3.19. The van der Waals surface area contributed by atoms with Crippen LogP contribution >= 0.6 is 0 Å². The zero-order valence-corrected chi connectivity index (χ0v) is 12.8. The maximum Gasteiger partial charge on any atom is 0.158 e. The summed E-state index contributed by atoms with van der Waals surface area (Å²) >= 11 is 0. The second kappa shape index (κ2) is 6.88. The van der Waals surface area contributed by atoms with Crippen LogP contribution in [0.1, 0.15) is 51.8 Å². The van der Waals surface area contributed by atoms with Crippen LogP contribution in [0.4, 0.5) is 11.6 Å². The zero-order chi connectivity index (χ0) is 14.4. The van der Waals surface area contributed by atoms with E-state index < -0.39 is 0 Å². The van der Waals surface area contributed by atoms with Gasteiger partial charge in [-0.3, -0.25) is 0 Å². The molecule has 112 valence electrons. The predicted molar refractivity (Wildman–Crippen MR) is 82.0 cm³/mol. The van der Waals surface area contributed by atoms with Gasteiger partial charge in [-0.1, -0.05) is 19.8 Å². The summed E-state index contributed by atoms with van der Waals surface area (Å²) < 4.78 is 5.16. The first kappa shape index (κ1) is 15.0. The van der Waals surface area contributed by atoms with Crippen molar-refractivity contribution < 1.29 is 4.74 Å². The van der Waals surface area contributed by atoms with Crippen molar-refractivity contribution in [3.63, 3.8) is 0 Å². The number of rotatable bonds is 7. The van der Waals surface area contributed by atoms with E-state index in [4.69, 9.17) is 4.74 Å². The number of hydrogen-bond donors (Lipinski definition) is 2. The molecule has 0 aromatic carbocycles. The molecule has 0 saturated heterocycles. The van der Waals surface area contributed by atoms with Crippen molar-refractivity contribution in [1.82, 2.24) is 9.97 Å². The van der Waals surface area contributed by atoms with Gasteiger partial charge in [0.25, 0.3) is 0 Å². The Balaban J connectivity index is 2.14. The minimum Gasteiger partial charge on any atom is -0.377 e. The molecule has 20 heavy (non-hydrogen) atoms. The second-order valence-corrected chi connectivity index (χ2v) is 5.81. The number of anilines is 2. The van der Waals surface area contributed by atoms with Crippen molar-refractivity contribution in [2.24, 2.45) is 0 Å². The lowest BCUT2D eigenvalue weighted by molar-refractivity contribution is 0.178. The molecule has 0 unspecified atom stereocenters. The zero-order valence-electron chi connectivity index (χ0n) is 12.8. The summed E-state index contributed by atoms with van der Waals surface area (Å²) in [6.45, 7) is 5.77. The van der Waals surface area contributed by atoms with E-state index in [1.165, 1.54) is 25.7 Å². The lowest BCUT2D eigenvalue weighted by atomic mass is 10.0. The molecule has 0 radical (unpaired) electrons. The van der Waals surface area contributed by atoms with Crippen molar-refractivity contribution in [3.05, 3.63) is 11.9 Å². The van der Waals surface area contributed by atoms with Crippen LogP contribution in [0.3, 0.4) is 0 Å². The van der Waals surface area contributed by atoms with E-state index in [1.807, 2.05) is 6.07 Å². The van der Waals surface area contributed by atoms with Gasteiger partial charge in [0.05, 0.1) is 0 Å². The van der Waals surface area contributed by atoms with Crippen molar-refractivity contribution in [2.75, 3.05) is 24.3 Å². The van der Waals surface area contributed by atoms with Crippen LogP contribution in [0, 0.1) is 0 Å². The minimum atomic E-state index is 0.167. The van der Waals surface area contributed by atoms with Crippen LogP contribution in [0.2, 0.25) is 0 Å². The third-order valence-electron chi connectivity index (χ3n) is 3.74. The summed E-state index contributed by atoms with van der Waals surface area (Å²) in [4.78, 5) is 9.02. The fraction of sp³-hybridized carbons (Fsp3) is 0.733. The first-order valence-electron chi connectivity index (χ1n) is 7.54. The minimum absolute atomic E-state index is 0.167. The number of ether oxygens (including phenoxy) is 1. The quantitative estimate of drug-likeness (QED) is 0.802. The highest BCUT2D eigenvalue weighted by Gasteiger charge is 2.28. The Kier molecular flexibility index (Phi) is 5.17. The number of methoxy groups -OCH3 is 1. The maximum atomic E-state index is 5.16. The molecule has 1 aromatic heterocycles. The number of nitrogens with zero attached hydrogens (tertiary/aromatic N) is 2. The van der Waals surface area contributed by atoms with Crippen molar-refractivity contribution in [1.29, 1.82) is 0 Å². The maximum absolute atomic E-state index is 5.16. The molecule has 2 rings (SSSR count). The SMILES string of the molecule is CCCNc1cc(NC2(C)CCCC2)nc(COC)n1. The van der Waals surface area contributed by atoms with E-state index in [2.05, 4.69) is 34.4 Å². The van der Waals surface area contributed by atoms with Gasteiger partial charge in [-0.05, 0) is 26.2 Å². The Morgan fingerprint density at radius 1 is 1.25 bits per heavy atom. The molecule has 0 atom stereocenters. The number of nitrogens with one attached hydrogen (secondary N) is 2. The Bertz CT molecular complexity index is 430. The first-order valence-corrected chi connectivity index (χ1v) is 7.54. The summed E-state index contributed by atoms with van der Waals surface area (Å²) in [6, 6.07) is 2.00. The van der Waals surface area contributed by atoms with Gasteiger partial charge in [-0.2, -0.15) is 0 Å². The fourth-order valence-electron chi connectivity index (χ4n) is 2.69. The van der Waals surface area contributed by atoms with Crippen molar-refractivity contribution >= 4 is 11.6 Å². The summed E-state index contributed by atoms with van der Waals surface area (Å²) in [5, 5.41) is 6.91. The summed E-state index contributed by atoms with van der Waals surface area (Å²) in [5.74, 6) is 2.49. The summed E-state index contributed by atoms with van der Waals surface area (Å²) in [6.07, 6.45) is 6.06. The second-order valence-electron chi connectivity index (χ2n) is 5.81. The largest absolute Gasteiger partial charge is 0.377 e. The fourth-order valence-corrected chi connectivity index (χ4v) is 2.69. The summed E-state index contributed by atoms with van der Waals surface area (Å²) in [7, 11) is 1.67. The molecule has 1 aliphatic carbocycles. The van der Waals surface area contributed by atoms with Crippen LogP contribution in [0.25, 0.3) is 0 Å². The van der Waals surface area contributed by atoms with E-state index in [1.54, 1.807) is 7.11 Å². The van der Waals surface area contributed by atoms with Gasteiger partial charge in [0, 0.05) is 25.3 Å². The Morgan fingerprint density at radius 3 is 2.60 bits per heavy atom. The molecule has 0 aliphatic heterocycles. The monoisotopic (exact) mass is 278 g/mol. The van der Waals surface area contributed by atoms with E-state index in [-0.39, 0.29) is 5.54 Å². The van der Waals surface area contributed by atoms with Gasteiger partial charge in [0.2, 0.25) is 0 Å². The highest BCUT2D eigenvalue weighted by Crippen LogP contribution is 2.32. The van der Waals surface area contributed by atoms with Crippen LogP contribution in [0.15, 0.2) is 6.07 Å². The van der Waals surface area contributed by atoms with Gasteiger partial charge in [-0.15, -0.1) is 0 Å². The molecule has 2 N–H and O–H groups in total. The highest BCUT2D eigenvalue weighted by atomic mass is 16.5. The van der Waals surface area contributed by atoms with Gasteiger partial charge in [-0.25, -0.2) is 9.97 Å². The average Bonchev–Trinajstić information content (AvgIpc) is 2.83. The molecule has 1 saturated carbocycles. The van der Waals surface area contributed by atoms with Crippen LogP contribution in [0.5, 0.6) is 0 Å². The number of hydrogen-bond acceptors (Lipinski definition) is 5. The lowest BCUT2D eigenvalue weighted by Crippen LogP contribution is -2.31. The van der Waals surface area contributed by atoms with Gasteiger partial charge >= 0.3 is 0 Å². The molecular formula is C15H26N4O. The van der Waals surface area contributed by atoms with E-state index in [0.717, 1.165) is 30.4 Å². The van der Waals surface area contributed by atoms with Crippen molar-refractivity contribution in [2.45, 2.75) is 58.1 Å².